The smallest absolute Gasteiger partial charge is 0.0724 e. The highest BCUT2D eigenvalue weighted by Crippen LogP contribution is 2.62. The van der Waals surface area contributed by atoms with Crippen LogP contribution in [0.15, 0.2) is 0 Å². The minimum atomic E-state index is 0.437. The average molecular weight is 265 g/mol. The summed E-state index contributed by atoms with van der Waals surface area (Å²) in [6.07, 6.45) is 9.97. The minimum Gasteiger partial charge on any atom is -0.380 e. The van der Waals surface area contributed by atoms with Crippen LogP contribution in [0.2, 0.25) is 0 Å². The Morgan fingerprint density at radius 3 is 2.42 bits per heavy atom. The van der Waals surface area contributed by atoms with Gasteiger partial charge in [0.15, 0.2) is 0 Å². The van der Waals surface area contributed by atoms with Gasteiger partial charge in [0.25, 0.3) is 0 Å². The first-order valence-electron chi connectivity index (χ1n) is 8.26. The number of fused-ring (bicyclic) bond motifs is 2. The van der Waals surface area contributed by atoms with Crippen LogP contribution < -0.4 is 5.32 Å². The number of nitrogens with one attached hydrogen (secondary N) is 1. The molecule has 0 amide bonds. The molecule has 110 valence electrons. The Hall–Kier alpha value is -0.0800. The molecule has 2 bridgehead atoms. The molecule has 2 heteroatoms. The summed E-state index contributed by atoms with van der Waals surface area (Å²) in [5.74, 6) is 0.930. The number of ether oxygens (including phenoxy) is 1. The highest BCUT2D eigenvalue weighted by Gasteiger charge is 2.59. The maximum absolute atomic E-state index is 5.73. The van der Waals surface area contributed by atoms with Gasteiger partial charge in [-0.15, -0.1) is 0 Å². The normalized spacial score (nSPS) is 48.6. The van der Waals surface area contributed by atoms with Crippen LogP contribution >= 0.6 is 0 Å². The van der Waals surface area contributed by atoms with Crippen molar-refractivity contribution in [2.75, 3.05) is 7.11 Å². The van der Waals surface area contributed by atoms with E-state index in [1.165, 1.54) is 44.9 Å². The largest absolute Gasteiger partial charge is 0.380 e. The lowest BCUT2D eigenvalue weighted by Crippen LogP contribution is -2.57. The molecule has 0 saturated heterocycles. The first-order valence-corrected chi connectivity index (χ1v) is 8.26. The van der Waals surface area contributed by atoms with E-state index in [0.717, 1.165) is 5.92 Å². The zero-order valence-electron chi connectivity index (χ0n) is 13.2. The average Bonchev–Trinajstić information content (AvgIpc) is 2.86. The molecule has 0 aliphatic heterocycles. The Morgan fingerprint density at radius 2 is 1.79 bits per heavy atom. The fourth-order valence-electron chi connectivity index (χ4n) is 5.50. The molecule has 2 nitrogen and oxygen atoms in total. The van der Waals surface area contributed by atoms with Gasteiger partial charge in [0, 0.05) is 19.2 Å². The van der Waals surface area contributed by atoms with Crippen molar-refractivity contribution in [3.05, 3.63) is 0 Å². The Balaban J connectivity index is 1.75. The molecule has 0 aromatic rings. The van der Waals surface area contributed by atoms with Crippen molar-refractivity contribution in [3.63, 3.8) is 0 Å². The zero-order valence-corrected chi connectivity index (χ0v) is 13.2. The molecule has 0 aromatic carbocycles. The maximum Gasteiger partial charge on any atom is 0.0724 e. The molecule has 3 aliphatic carbocycles. The van der Waals surface area contributed by atoms with Crippen LogP contribution in [0.1, 0.15) is 65.7 Å². The number of rotatable bonds is 3. The predicted molar refractivity (Wildman–Crippen MR) is 79.2 cm³/mol. The van der Waals surface area contributed by atoms with E-state index >= 15 is 0 Å². The van der Waals surface area contributed by atoms with Crippen LogP contribution in [0.25, 0.3) is 0 Å². The lowest BCUT2D eigenvalue weighted by molar-refractivity contribution is 0.0132. The van der Waals surface area contributed by atoms with Crippen LogP contribution in [0.3, 0.4) is 0 Å². The summed E-state index contributed by atoms with van der Waals surface area (Å²) in [5, 5.41) is 4.06. The fraction of sp³-hybridized carbons (Fsp3) is 1.00. The van der Waals surface area contributed by atoms with Crippen molar-refractivity contribution in [3.8, 4) is 0 Å². The molecule has 0 radical (unpaired) electrons. The quantitative estimate of drug-likeness (QED) is 0.839. The molecule has 0 spiro atoms. The van der Waals surface area contributed by atoms with Crippen molar-refractivity contribution in [2.45, 2.75) is 83.9 Å². The van der Waals surface area contributed by atoms with Gasteiger partial charge < -0.3 is 10.1 Å². The zero-order chi connectivity index (χ0) is 13.7. The summed E-state index contributed by atoms with van der Waals surface area (Å²) in [6, 6.07) is 1.26. The van der Waals surface area contributed by atoms with Gasteiger partial charge in [0.1, 0.15) is 0 Å². The summed E-state index contributed by atoms with van der Waals surface area (Å²) < 4.78 is 5.73. The fourth-order valence-corrected chi connectivity index (χ4v) is 5.50. The van der Waals surface area contributed by atoms with Gasteiger partial charge in [-0.1, -0.05) is 33.6 Å². The van der Waals surface area contributed by atoms with E-state index < -0.39 is 0 Å². The predicted octanol–water partition coefficient (Wildman–Crippen LogP) is 3.75. The van der Waals surface area contributed by atoms with Gasteiger partial charge in [0.05, 0.1) is 6.10 Å². The third-order valence-corrected chi connectivity index (χ3v) is 6.66. The SMILES string of the molecule is COC1CCCCC1NC1C2(C)CCC(C2)C1(C)C. The monoisotopic (exact) mass is 265 g/mol. The summed E-state index contributed by atoms with van der Waals surface area (Å²) in [4.78, 5) is 0. The molecule has 3 fully saturated rings. The maximum atomic E-state index is 5.73. The van der Waals surface area contributed by atoms with E-state index in [2.05, 4.69) is 26.1 Å². The van der Waals surface area contributed by atoms with Gasteiger partial charge in [-0.05, 0) is 48.9 Å². The Morgan fingerprint density at radius 1 is 1.05 bits per heavy atom. The van der Waals surface area contributed by atoms with E-state index in [4.69, 9.17) is 4.74 Å². The summed E-state index contributed by atoms with van der Waals surface area (Å²) in [6.45, 7) is 7.50. The molecule has 0 heterocycles. The molecule has 5 atom stereocenters. The van der Waals surface area contributed by atoms with Crippen molar-refractivity contribution < 1.29 is 4.74 Å². The Kier molecular flexibility index (Phi) is 3.46. The molecule has 0 aromatic heterocycles. The van der Waals surface area contributed by atoms with Crippen LogP contribution in [0.4, 0.5) is 0 Å². The number of methoxy groups -OCH3 is 1. The molecular weight excluding hydrogens is 234 g/mol. The first kappa shape index (κ1) is 13.9. The minimum absolute atomic E-state index is 0.437. The lowest BCUT2D eigenvalue weighted by Gasteiger charge is -2.46. The van der Waals surface area contributed by atoms with Gasteiger partial charge >= 0.3 is 0 Å². The standard InChI is InChI=1S/C17H31NO/c1-16(2)12-9-10-17(3,11-12)15(16)18-13-7-5-6-8-14(13)19-4/h12-15,18H,5-11H2,1-4H3. The topological polar surface area (TPSA) is 21.3 Å². The Bertz CT molecular complexity index is 335. The van der Waals surface area contributed by atoms with E-state index in [0.29, 0.717) is 29.0 Å². The molecule has 3 rings (SSSR count). The van der Waals surface area contributed by atoms with Crippen LogP contribution in [0, 0.1) is 16.7 Å². The van der Waals surface area contributed by atoms with Crippen LogP contribution in [-0.4, -0.2) is 25.3 Å². The molecule has 5 unspecified atom stereocenters. The van der Waals surface area contributed by atoms with Crippen molar-refractivity contribution in [2.24, 2.45) is 16.7 Å². The lowest BCUT2D eigenvalue weighted by atomic mass is 9.68. The molecule has 3 saturated carbocycles. The third-order valence-electron chi connectivity index (χ3n) is 6.66. The molecule has 1 N–H and O–H groups in total. The second kappa shape index (κ2) is 4.73. The van der Waals surface area contributed by atoms with Crippen molar-refractivity contribution >= 4 is 0 Å². The second-order valence-corrected chi connectivity index (χ2v) is 8.18. The molecular formula is C17H31NO. The van der Waals surface area contributed by atoms with Gasteiger partial charge in [-0.25, -0.2) is 0 Å². The highest BCUT2D eigenvalue weighted by atomic mass is 16.5. The number of hydrogen-bond donors (Lipinski definition) is 1. The van der Waals surface area contributed by atoms with E-state index in [1.54, 1.807) is 0 Å². The third kappa shape index (κ3) is 2.15. The van der Waals surface area contributed by atoms with Gasteiger partial charge in [-0.3, -0.25) is 0 Å². The highest BCUT2D eigenvalue weighted by molar-refractivity contribution is 5.13. The van der Waals surface area contributed by atoms with Gasteiger partial charge in [-0.2, -0.15) is 0 Å². The number of hydrogen-bond acceptors (Lipinski definition) is 2. The van der Waals surface area contributed by atoms with Gasteiger partial charge in [0.2, 0.25) is 0 Å². The van der Waals surface area contributed by atoms with Crippen molar-refractivity contribution in [1.82, 2.24) is 5.32 Å². The van der Waals surface area contributed by atoms with E-state index in [9.17, 15) is 0 Å². The van der Waals surface area contributed by atoms with Crippen molar-refractivity contribution in [1.29, 1.82) is 0 Å². The van der Waals surface area contributed by atoms with Crippen LogP contribution in [-0.2, 0) is 4.74 Å². The first-order chi connectivity index (χ1) is 8.97. The van der Waals surface area contributed by atoms with E-state index in [1.807, 2.05) is 7.11 Å². The van der Waals surface area contributed by atoms with E-state index in [-0.39, 0.29) is 0 Å². The second-order valence-electron chi connectivity index (χ2n) is 8.18. The summed E-state index contributed by atoms with van der Waals surface area (Å²) >= 11 is 0. The summed E-state index contributed by atoms with van der Waals surface area (Å²) in [5.41, 5.74) is 0.993. The Labute approximate surface area is 118 Å². The molecule has 19 heavy (non-hydrogen) atoms. The summed E-state index contributed by atoms with van der Waals surface area (Å²) in [7, 11) is 1.89. The van der Waals surface area contributed by atoms with Crippen LogP contribution in [0.5, 0.6) is 0 Å². The molecule has 3 aliphatic rings.